The van der Waals surface area contributed by atoms with Crippen LogP contribution in [0.3, 0.4) is 0 Å². The van der Waals surface area contributed by atoms with Gasteiger partial charge in [-0.05, 0) is 84.7 Å². The van der Waals surface area contributed by atoms with Gasteiger partial charge in [0.05, 0.1) is 31.4 Å². The van der Waals surface area contributed by atoms with E-state index in [4.69, 9.17) is 14.6 Å². The Morgan fingerprint density at radius 2 is 1.87 bits per heavy atom. The SMILES string of the molecule is Cc1cc(OCCCS(C)(=O)=O)cc(C)c1-c1cccc2c1CCC2Nc1ccc2c(c1)OCC2CC(=O)O. The number of ether oxygens (including phenoxy) is 2. The number of hydrogen-bond acceptors (Lipinski definition) is 6. The van der Waals surface area contributed by atoms with Gasteiger partial charge in [-0.1, -0.05) is 24.3 Å². The van der Waals surface area contributed by atoms with Gasteiger partial charge < -0.3 is 19.9 Å². The standard InChI is InChI=1S/C31H35NO6S/c1-19-14-23(37-12-5-13-39(3,35)36)15-20(2)31(19)27-7-4-6-26-25(27)10-11-28(26)32-22-8-9-24-21(16-30(33)34)18-38-29(24)17-22/h4,6-9,14-15,17,21,28,32H,5,10-13,16,18H2,1-3H3,(H,33,34). The number of hydrogen-bond donors (Lipinski definition) is 2. The topological polar surface area (TPSA) is 102 Å². The van der Waals surface area contributed by atoms with Crippen LogP contribution in [0.1, 0.15) is 59.0 Å². The number of rotatable bonds is 10. The zero-order valence-corrected chi connectivity index (χ0v) is 23.4. The van der Waals surface area contributed by atoms with E-state index in [2.05, 4.69) is 37.4 Å². The predicted molar refractivity (Wildman–Crippen MR) is 153 cm³/mol. The smallest absolute Gasteiger partial charge is 0.304 e. The molecule has 7 nitrogen and oxygen atoms in total. The van der Waals surface area contributed by atoms with E-state index in [0.29, 0.717) is 19.6 Å². The molecule has 5 rings (SSSR count). The van der Waals surface area contributed by atoms with E-state index in [9.17, 15) is 13.2 Å². The Morgan fingerprint density at radius 1 is 1.10 bits per heavy atom. The van der Waals surface area contributed by atoms with Crippen molar-refractivity contribution in [2.75, 3.05) is 30.5 Å². The highest BCUT2D eigenvalue weighted by Crippen LogP contribution is 2.43. The third kappa shape index (κ3) is 6.06. The van der Waals surface area contributed by atoms with Crippen LogP contribution in [0, 0.1) is 13.8 Å². The molecular formula is C31H35NO6S. The van der Waals surface area contributed by atoms with E-state index in [1.54, 1.807) is 0 Å². The molecule has 0 amide bonds. The van der Waals surface area contributed by atoms with Crippen molar-refractivity contribution in [1.82, 2.24) is 0 Å². The van der Waals surface area contributed by atoms with E-state index in [0.717, 1.165) is 46.7 Å². The Morgan fingerprint density at radius 3 is 2.59 bits per heavy atom. The maximum absolute atomic E-state index is 11.4. The number of aryl methyl sites for hydroxylation is 2. The number of carboxylic acid groups (broad SMARTS) is 1. The van der Waals surface area contributed by atoms with Crippen molar-refractivity contribution in [3.8, 4) is 22.6 Å². The van der Waals surface area contributed by atoms with Gasteiger partial charge in [0.15, 0.2) is 0 Å². The molecule has 3 aromatic rings. The lowest BCUT2D eigenvalue weighted by molar-refractivity contribution is -0.137. The zero-order valence-electron chi connectivity index (χ0n) is 22.6. The third-order valence-corrected chi connectivity index (χ3v) is 8.66. The summed E-state index contributed by atoms with van der Waals surface area (Å²) in [6.07, 6.45) is 3.74. The fourth-order valence-electron chi connectivity index (χ4n) is 5.93. The molecule has 2 atom stereocenters. The summed E-state index contributed by atoms with van der Waals surface area (Å²) in [5, 5.41) is 12.8. The van der Waals surface area contributed by atoms with Crippen LogP contribution in [0.2, 0.25) is 0 Å². The first-order valence-electron chi connectivity index (χ1n) is 13.4. The van der Waals surface area contributed by atoms with Gasteiger partial charge in [-0.3, -0.25) is 4.79 Å². The van der Waals surface area contributed by atoms with Crippen LogP contribution in [-0.4, -0.2) is 44.7 Å². The van der Waals surface area contributed by atoms with E-state index in [-0.39, 0.29) is 24.1 Å². The van der Waals surface area contributed by atoms with Crippen LogP contribution in [0.5, 0.6) is 11.5 Å². The first-order chi connectivity index (χ1) is 18.6. The molecule has 0 bridgehead atoms. The van der Waals surface area contributed by atoms with Gasteiger partial charge in [-0.25, -0.2) is 8.42 Å². The summed E-state index contributed by atoms with van der Waals surface area (Å²) in [6.45, 7) is 4.97. The monoisotopic (exact) mass is 549 g/mol. The van der Waals surface area contributed by atoms with Crippen molar-refractivity contribution in [3.63, 3.8) is 0 Å². The molecule has 2 N–H and O–H groups in total. The quantitative estimate of drug-likeness (QED) is 0.307. The molecule has 2 aliphatic rings. The molecule has 8 heteroatoms. The van der Waals surface area contributed by atoms with Crippen LogP contribution >= 0.6 is 0 Å². The van der Waals surface area contributed by atoms with Crippen molar-refractivity contribution < 1.29 is 27.8 Å². The first-order valence-corrected chi connectivity index (χ1v) is 15.4. The Labute approximate surface area is 230 Å². The second-order valence-electron chi connectivity index (χ2n) is 10.7. The Bertz CT molecular complexity index is 1490. The minimum Gasteiger partial charge on any atom is -0.494 e. The van der Waals surface area contributed by atoms with Gasteiger partial charge >= 0.3 is 5.97 Å². The molecule has 3 aromatic carbocycles. The first kappa shape index (κ1) is 27.1. The summed E-state index contributed by atoms with van der Waals surface area (Å²) in [7, 11) is -2.99. The molecule has 1 heterocycles. The van der Waals surface area contributed by atoms with Crippen LogP contribution in [0.15, 0.2) is 48.5 Å². The normalized spacial score (nSPS) is 17.8. The molecule has 0 radical (unpaired) electrons. The molecule has 1 aliphatic heterocycles. The maximum atomic E-state index is 11.4. The van der Waals surface area contributed by atoms with E-state index in [1.807, 2.05) is 30.3 Å². The minimum atomic E-state index is -2.99. The Balaban J connectivity index is 1.33. The number of carbonyl (C=O) groups is 1. The summed E-state index contributed by atoms with van der Waals surface area (Å²) in [6, 6.07) is 16.7. The lowest BCUT2D eigenvalue weighted by Gasteiger charge is -2.19. The van der Waals surface area contributed by atoms with Crippen molar-refractivity contribution in [2.24, 2.45) is 0 Å². The molecule has 39 heavy (non-hydrogen) atoms. The summed E-state index contributed by atoms with van der Waals surface area (Å²) in [4.78, 5) is 11.2. The molecule has 1 aliphatic carbocycles. The zero-order chi connectivity index (χ0) is 27.7. The second kappa shape index (κ2) is 10.9. The number of nitrogens with one attached hydrogen (secondary N) is 1. The number of sulfone groups is 1. The van der Waals surface area contributed by atoms with Gasteiger partial charge in [-0.15, -0.1) is 0 Å². The number of aliphatic carboxylic acids is 1. The lowest BCUT2D eigenvalue weighted by atomic mass is 9.90. The van der Waals surface area contributed by atoms with E-state index in [1.165, 1.54) is 28.5 Å². The van der Waals surface area contributed by atoms with Gasteiger partial charge in [0.2, 0.25) is 0 Å². The molecule has 0 fully saturated rings. The largest absolute Gasteiger partial charge is 0.494 e. The summed E-state index contributed by atoms with van der Waals surface area (Å²) < 4.78 is 34.4. The highest BCUT2D eigenvalue weighted by atomic mass is 32.2. The highest BCUT2D eigenvalue weighted by molar-refractivity contribution is 7.90. The molecule has 0 saturated heterocycles. The molecular weight excluding hydrogens is 514 g/mol. The third-order valence-electron chi connectivity index (χ3n) is 7.63. The van der Waals surface area contributed by atoms with Crippen LogP contribution in [0.4, 0.5) is 5.69 Å². The number of benzene rings is 3. The summed E-state index contributed by atoms with van der Waals surface area (Å²) in [5.74, 6) is 0.742. The lowest BCUT2D eigenvalue weighted by Crippen LogP contribution is -2.08. The van der Waals surface area contributed by atoms with Gasteiger partial charge in [-0.2, -0.15) is 0 Å². The predicted octanol–water partition coefficient (Wildman–Crippen LogP) is 5.83. The number of anilines is 1. The summed E-state index contributed by atoms with van der Waals surface area (Å²) >= 11 is 0. The second-order valence-corrected chi connectivity index (χ2v) is 13.0. The van der Waals surface area contributed by atoms with Crippen LogP contribution < -0.4 is 14.8 Å². The molecule has 206 valence electrons. The van der Waals surface area contributed by atoms with Crippen molar-refractivity contribution in [2.45, 2.75) is 51.5 Å². The molecule has 0 aromatic heterocycles. The fourth-order valence-corrected chi connectivity index (χ4v) is 6.57. The Hall–Kier alpha value is -3.52. The van der Waals surface area contributed by atoms with Crippen molar-refractivity contribution in [1.29, 1.82) is 0 Å². The maximum Gasteiger partial charge on any atom is 0.304 e. The molecule has 2 unspecified atom stereocenters. The fraction of sp³-hybridized carbons (Fsp3) is 0.387. The average molecular weight is 550 g/mol. The average Bonchev–Trinajstić information content (AvgIpc) is 3.45. The number of carboxylic acids is 1. The molecule has 0 spiro atoms. The van der Waals surface area contributed by atoms with E-state index >= 15 is 0 Å². The Kier molecular flexibility index (Phi) is 7.58. The van der Waals surface area contributed by atoms with Crippen molar-refractivity contribution in [3.05, 3.63) is 76.3 Å². The van der Waals surface area contributed by atoms with Gasteiger partial charge in [0.1, 0.15) is 21.3 Å². The number of fused-ring (bicyclic) bond motifs is 2. The summed E-state index contributed by atoms with van der Waals surface area (Å²) in [5.41, 5.74) is 9.29. The van der Waals surface area contributed by atoms with Crippen molar-refractivity contribution >= 4 is 21.5 Å². The van der Waals surface area contributed by atoms with Gasteiger partial charge in [0, 0.05) is 29.5 Å². The minimum absolute atomic E-state index is 0.0771. The molecule has 0 saturated carbocycles. The van der Waals surface area contributed by atoms with E-state index < -0.39 is 15.8 Å². The van der Waals surface area contributed by atoms with Crippen LogP contribution in [-0.2, 0) is 21.1 Å². The highest BCUT2D eigenvalue weighted by Gasteiger charge is 2.29. The van der Waals surface area contributed by atoms with Gasteiger partial charge in [0.25, 0.3) is 0 Å². The van der Waals surface area contributed by atoms with Crippen LogP contribution in [0.25, 0.3) is 11.1 Å².